The highest BCUT2D eigenvalue weighted by Gasteiger charge is 2.27. The van der Waals surface area contributed by atoms with Crippen LogP contribution in [0.1, 0.15) is 43.9 Å². The Balaban J connectivity index is 1.58. The Morgan fingerprint density at radius 1 is 1.03 bits per heavy atom. The number of aromatic nitrogens is 3. The minimum absolute atomic E-state index is 0.0779. The van der Waals surface area contributed by atoms with Crippen molar-refractivity contribution in [2.45, 2.75) is 58.5 Å². The normalized spacial score (nSPS) is 15.5. The molecule has 5 rings (SSSR count). The van der Waals surface area contributed by atoms with Crippen LogP contribution in [0.15, 0.2) is 71.8 Å². The lowest BCUT2D eigenvalue weighted by Crippen LogP contribution is -2.42. The summed E-state index contributed by atoms with van der Waals surface area (Å²) in [6.07, 6.45) is 2.69. The van der Waals surface area contributed by atoms with Gasteiger partial charge in [0.25, 0.3) is 0 Å². The number of rotatable bonds is 4. The predicted octanol–water partition coefficient (Wildman–Crippen LogP) is 7.06. The Hall–Kier alpha value is -3.78. The van der Waals surface area contributed by atoms with E-state index >= 15 is 0 Å². The lowest BCUT2D eigenvalue weighted by molar-refractivity contribution is 0.226. The number of nitrogens with two attached hydrogens (primary N) is 1. The quantitative estimate of drug-likeness (QED) is 0.266. The molecule has 0 radical (unpaired) electrons. The first kappa shape index (κ1) is 26.8. The zero-order chi connectivity index (χ0) is 27.6. The summed E-state index contributed by atoms with van der Waals surface area (Å²) in [5, 5.41) is 0. The van der Waals surface area contributed by atoms with E-state index in [1.165, 1.54) is 23.1 Å². The van der Waals surface area contributed by atoms with Gasteiger partial charge >= 0.3 is 0 Å². The Bertz CT molecular complexity index is 1450. The number of nitrogens with zero attached hydrogens (tertiary/aromatic N) is 4. The summed E-state index contributed by atoms with van der Waals surface area (Å²) in [6, 6.07) is 20.8. The molecule has 39 heavy (non-hydrogen) atoms. The third kappa shape index (κ3) is 6.63. The average molecular weight is 541 g/mol. The van der Waals surface area contributed by atoms with Gasteiger partial charge in [-0.2, -0.15) is 4.98 Å². The fraction of sp³-hybridized carbons (Fsp3) is 0.323. The van der Waals surface area contributed by atoms with Crippen LogP contribution < -0.4 is 20.1 Å². The number of anilines is 3. The third-order valence-corrected chi connectivity index (χ3v) is 7.53. The van der Waals surface area contributed by atoms with Gasteiger partial charge in [-0.15, -0.1) is 0 Å². The first-order valence-electron chi connectivity index (χ1n) is 13.2. The smallest absolute Gasteiger partial charge is 0.237 e. The number of benzene rings is 2. The Morgan fingerprint density at radius 2 is 1.79 bits per heavy atom. The van der Waals surface area contributed by atoms with Crippen molar-refractivity contribution in [3.8, 4) is 17.1 Å². The van der Waals surface area contributed by atoms with E-state index in [4.69, 9.17) is 20.4 Å². The SMILES string of the molecule is Cc1cccc(C)c1-c1cc2nc(n1)NSc1cccc(c1)N(Cc1ccnc(N)c1)C(CC(C)(C)C)CO2. The van der Waals surface area contributed by atoms with Crippen molar-refractivity contribution in [1.82, 2.24) is 15.0 Å². The Morgan fingerprint density at radius 3 is 2.54 bits per heavy atom. The molecule has 3 heterocycles. The van der Waals surface area contributed by atoms with Gasteiger partial charge in [-0.1, -0.05) is 45.0 Å². The summed E-state index contributed by atoms with van der Waals surface area (Å²) < 4.78 is 9.86. The molecule has 0 saturated carbocycles. The molecule has 3 N–H and O–H groups in total. The second-order valence-electron chi connectivity index (χ2n) is 11.3. The monoisotopic (exact) mass is 540 g/mol. The second kappa shape index (κ2) is 11.1. The zero-order valence-electron chi connectivity index (χ0n) is 23.2. The summed E-state index contributed by atoms with van der Waals surface area (Å²) in [5.74, 6) is 1.60. The van der Waals surface area contributed by atoms with Crippen molar-refractivity contribution in [2.24, 2.45) is 5.41 Å². The first-order valence-corrected chi connectivity index (χ1v) is 14.0. The van der Waals surface area contributed by atoms with Crippen LogP contribution in [0.25, 0.3) is 11.3 Å². The molecule has 4 bridgehead atoms. The van der Waals surface area contributed by atoms with Crippen molar-refractivity contribution < 1.29 is 4.74 Å². The summed E-state index contributed by atoms with van der Waals surface area (Å²) in [7, 11) is 0. The lowest BCUT2D eigenvalue weighted by atomic mass is 9.87. The summed E-state index contributed by atoms with van der Waals surface area (Å²) in [5.41, 5.74) is 12.6. The molecule has 2 aromatic carbocycles. The maximum Gasteiger partial charge on any atom is 0.237 e. The largest absolute Gasteiger partial charge is 0.475 e. The van der Waals surface area contributed by atoms with Crippen molar-refractivity contribution in [3.05, 3.63) is 83.6 Å². The number of nitrogens with one attached hydrogen (secondary N) is 1. The first-order chi connectivity index (χ1) is 18.6. The molecule has 1 atom stereocenters. The number of aryl methyl sites for hydroxylation is 2. The van der Waals surface area contributed by atoms with E-state index in [1.807, 2.05) is 18.2 Å². The topological polar surface area (TPSA) is 89.2 Å². The molecule has 1 unspecified atom stereocenters. The summed E-state index contributed by atoms with van der Waals surface area (Å²) in [6.45, 7) is 12.2. The van der Waals surface area contributed by atoms with E-state index in [9.17, 15) is 0 Å². The van der Waals surface area contributed by atoms with Gasteiger partial charge in [-0.3, -0.25) is 4.72 Å². The van der Waals surface area contributed by atoms with Crippen LogP contribution in [0.3, 0.4) is 0 Å². The van der Waals surface area contributed by atoms with Crippen LogP contribution in [0.2, 0.25) is 0 Å². The van der Waals surface area contributed by atoms with E-state index in [2.05, 4.69) is 91.7 Å². The number of fused-ring (bicyclic) bond motifs is 4. The lowest BCUT2D eigenvalue weighted by Gasteiger charge is -2.37. The minimum atomic E-state index is 0.0779. The molecule has 2 aromatic heterocycles. The number of ether oxygens (including phenoxy) is 1. The standard InChI is InChI=1S/C31H36N6OS/c1-20-8-6-9-21(2)29(20)26-16-28-35-30(34-26)36-39-25-11-7-10-23(15-25)37(18-22-12-13-33-27(32)14-22)24(19-38-28)17-31(3,4)5/h6-16,24H,17-19H2,1-5H3,(H2,32,33)(H,34,35,36). The summed E-state index contributed by atoms with van der Waals surface area (Å²) >= 11 is 1.50. The number of nitrogen functional groups attached to an aromatic ring is 1. The minimum Gasteiger partial charge on any atom is -0.475 e. The Labute approximate surface area is 235 Å². The number of hydrogen-bond donors (Lipinski definition) is 2. The maximum atomic E-state index is 6.50. The molecule has 1 aliphatic rings. The van der Waals surface area contributed by atoms with Gasteiger partial charge < -0.3 is 15.4 Å². The maximum absolute atomic E-state index is 6.50. The highest BCUT2D eigenvalue weighted by Crippen LogP contribution is 2.34. The van der Waals surface area contributed by atoms with Crippen LogP contribution in [0, 0.1) is 19.3 Å². The van der Waals surface area contributed by atoms with E-state index in [-0.39, 0.29) is 11.5 Å². The van der Waals surface area contributed by atoms with Crippen LogP contribution in [-0.4, -0.2) is 27.6 Å². The van der Waals surface area contributed by atoms with Crippen LogP contribution in [0.5, 0.6) is 5.88 Å². The molecule has 4 aromatic rings. The van der Waals surface area contributed by atoms with Gasteiger partial charge in [0.15, 0.2) is 0 Å². The molecule has 0 spiro atoms. The van der Waals surface area contributed by atoms with E-state index < -0.39 is 0 Å². The molecule has 0 saturated heterocycles. The van der Waals surface area contributed by atoms with Gasteiger partial charge in [-0.25, -0.2) is 9.97 Å². The highest BCUT2D eigenvalue weighted by atomic mass is 32.2. The number of hydrogen-bond acceptors (Lipinski definition) is 8. The van der Waals surface area contributed by atoms with Gasteiger partial charge in [0.05, 0.1) is 11.7 Å². The van der Waals surface area contributed by atoms with E-state index in [0.717, 1.165) is 33.8 Å². The van der Waals surface area contributed by atoms with Crippen LogP contribution in [0.4, 0.5) is 17.5 Å². The molecule has 0 aliphatic carbocycles. The van der Waals surface area contributed by atoms with Crippen molar-refractivity contribution >= 4 is 29.4 Å². The Kier molecular flexibility index (Phi) is 7.66. The van der Waals surface area contributed by atoms with Gasteiger partial charge in [0.1, 0.15) is 12.4 Å². The van der Waals surface area contributed by atoms with E-state index in [1.54, 1.807) is 6.20 Å². The van der Waals surface area contributed by atoms with E-state index in [0.29, 0.717) is 30.8 Å². The van der Waals surface area contributed by atoms with Gasteiger partial charge in [0, 0.05) is 35.0 Å². The van der Waals surface area contributed by atoms with Crippen molar-refractivity contribution in [3.63, 3.8) is 0 Å². The molecule has 1 aliphatic heterocycles. The average Bonchev–Trinajstić information content (AvgIpc) is 2.88. The fourth-order valence-electron chi connectivity index (χ4n) is 5.09. The van der Waals surface area contributed by atoms with Crippen LogP contribution >= 0.6 is 11.9 Å². The molecular weight excluding hydrogens is 504 g/mol. The molecule has 0 amide bonds. The predicted molar refractivity (Wildman–Crippen MR) is 161 cm³/mol. The fourth-order valence-corrected chi connectivity index (χ4v) is 5.72. The molecule has 0 fully saturated rings. The van der Waals surface area contributed by atoms with Gasteiger partial charge in [0.2, 0.25) is 11.8 Å². The second-order valence-corrected chi connectivity index (χ2v) is 12.2. The van der Waals surface area contributed by atoms with Gasteiger partial charge in [-0.05, 0) is 84.7 Å². The molecular formula is C31H36N6OS. The molecule has 202 valence electrons. The van der Waals surface area contributed by atoms with Crippen molar-refractivity contribution in [1.29, 1.82) is 0 Å². The van der Waals surface area contributed by atoms with Crippen LogP contribution in [-0.2, 0) is 6.54 Å². The summed E-state index contributed by atoms with van der Waals surface area (Å²) in [4.78, 5) is 17.3. The molecule has 8 heteroatoms. The van der Waals surface area contributed by atoms with Crippen molar-refractivity contribution in [2.75, 3.05) is 22.0 Å². The zero-order valence-corrected chi connectivity index (χ0v) is 24.0. The third-order valence-electron chi connectivity index (χ3n) is 6.76. The highest BCUT2D eigenvalue weighted by molar-refractivity contribution is 8.00. The molecule has 7 nitrogen and oxygen atoms in total. The number of pyridine rings is 1.